The maximum absolute atomic E-state index is 11.9. The molecule has 3 N–H and O–H groups in total. The van der Waals surface area contributed by atoms with Gasteiger partial charge in [-0.15, -0.1) is 0 Å². The zero-order valence-electron chi connectivity index (χ0n) is 12.6. The number of amides is 2. The Morgan fingerprint density at radius 2 is 2.14 bits per heavy atom. The number of carbonyl (C=O) groups is 2. The Morgan fingerprint density at radius 1 is 1.48 bits per heavy atom. The molecular formula is C12H22N4O4S. The molecule has 2 atom stereocenters. The summed E-state index contributed by atoms with van der Waals surface area (Å²) in [4.78, 5) is 27.9. The first-order valence-electron chi connectivity index (χ1n) is 6.03. The normalized spacial score (nSPS) is 14.8. The Morgan fingerprint density at radius 3 is 2.57 bits per heavy atom. The fraction of sp³-hybridized carbons (Fsp3) is 0.583. The van der Waals surface area contributed by atoms with E-state index in [1.165, 1.54) is 38.4 Å². The summed E-state index contributed by atoms with van der Waals surface area (Å²) in [6, 6.07) is 0. The van der Waals surface area contributed by atoms with E-state index in [0.717, 1.165) is 11.9 Å². The lowest BCUT2D eigenvalue weighted by molar-refractivity contribution is -0.139. The Bertz CT molecular complexity index is 389. The lowest BCUT2D eigenvalue weighted by Crippen LogP contribution is -2.46. The van der Waals surface area contributed by atoms with Gasteiger partial charge in [0.05, 0.1) is 6.54 Å². The number of rotatable bonds is 10. The zero-order chi connectivity index (χ0) is 16.3. The second kappa shape index (κ2) is 11.1. The number of aliphatic imine (C=N–C) groups is 1. The average molecular weight is 318 g/mol. The summed E-state index contributed by atoms with van der Waals surface area (Å²) in [7, 11) is 4.38. The van der Waals surface area contributed by atoms with E-state index < -0.39 is 12.2 Å². The number of nitrogens with zero attached hydrogens (tertiary/aromatic N) is 2. The molecule has 2 amide bonds. The van der Waals surface area contributed by atoms with Gasteiger partial charge in [-0.2, -0.15) is 0 Å². The van der Waals surface area contributed by atoms with Crippen LogP contribution in [0.15, 0.2) is 17.3 Å². The molecule has 0 aromatic heterocycles. The van der Waals surface area contributed by atoms with Crippen LogP contribution in [-0.2, 0) is 19.1 Å². The molecule has 8 nitrogen and oxygen atoms in total. The molecule has 0 aliphatic carbocycles. The summed E-state index contributed by atoms with van der Waals surface area (Å²) < 4.78 is 13.0. The minimum absolute atomic E-state index is 0.133. The van der Waals surface area contributed by atoms with Crippen LogP contribution in [0.2, 0.25) is 0 Å². The molecule has 0 saturated carbocycles. The van der Waals surface area contributed by atoms with Crippen molar-refractivity contribution in [1.82, 2.24) is 9.62 Å². The van der Waals surface area contributed by atoms with Crippen molar-refractivity contribution in [3.63, 3.8) is 0 Å². The van der Waals surface area contributed by atoms with Crippen LogP contribution in [0.4, 0.5) is 0 Å². The molecule has 0 saturated heterocycles. The maximum Gasteiger partial charge on any atom is 0.261 e. The molecule has 0 aromatic carbocycles. The Hall–Kier alpha value is -1.58. The molecule has 0 aliphatic heterocycles. The highest BCUT2D eigenvalue weighted by atomic mass is 32.2. The molecule has 0 bridgehead atoms. The highest BCUT2D eigenvalue weighted by Gasteiger charge is 2.29. The number of hydrogen-bond donors (Lipinski definition) is 2. The van der Waals surface area contributed by atoms with Crippen molar-refractivity contribution in [2.75, 3.05) is 34.1 Å². The van der Waals surface area contributed by atoms with E-state index in [0.29, 0.717) is 6.41 Å². The van der Waals surface area contributed by atoms with E-state index in [4.69, 9.17) is 15.2 Å². The van der Waals surface area contributed by atoms with Crippen LogP contribution in [0.25, 0.3) is 0 Å². The van der Waals surface area contributed by atoms with Crippen LogP contribution in [0.1, 0.15) is 0 Å². The summed E-state index contributed by atoms with van der Waals surface area (Å²) in [5, 5.41) is 0. The number of carbonyl (C=O) groups excluding carboxylic acids is 2. The quantitative estimate of drug-likeness (QED) is 0.240. The van der Waals surface area contributed by atoms with Crippen LogP contribution >= 0.6 is 11.9 Å². The van der Waals surface area contributed by atoms with Gasteiger partial charge in [0.15, 0.2) is 6.10 Å². The van der Waals surface area contributed by atoms with Crippen LogP contribution in [0.5, 0.6) is 0 Å². The van der Waals surface area contributed by atoms with Crippen LogP contribution < -0.4 is 10.5 Å². The first-order chi connectivity index (χ1) is 10.0. The van der Waals surface area contributed by atoms with Crippen molar-refractivity contribution in [3.8, 4) is 0 Å². The van der Waals surface area contributed by atoms with Gasteiger partial charge in [0.25, 0.3) is 5.91 Å². The number of hydrogen-bond acceptors (Lipinski definition) is 6. The van der Waals surface area contributed by atoms with Gasteiger partial charge in [-0.25, -0.2) is 0 Å². The lowest BCUT2D eigenvalue weighted by atomic mass is 10.2. The van der Waals surface area contributed by atoms with Gasteiger partial charge in [-0.05, 0) is 6.08 Å². The average Bonchev–Trinajstić information content (AvgIpc) is 2.50. The van der Waals surface area contributed by atoms with Crippen molar-refractivity contribution in [1.29, 1.82) is 0 Å². The Kier molecular flexibility index (Phi) is 10.3. The van der Waals surface area contributed by atoms with Crippen LogP contribution in [-0.4, -0.2) is 69.3 Å². The zero-order valence-corrected chi connectivity index (χ0v) is 13.4. The van der Waals surface area contributed by atoms with E-state index >= 15 is 0 Å². The van der Waals surface area contributed by atoms with Gasteiger partial charge < -0.3 is 20.1 Å². The van der Waals surface area contributed by atoms with Gasteiger partial charge in [-0.3, -0.25) is 19.3 Å². The van der Waals surface area contributed by atoms with Gasteiger partial charge in [0, 0.05) is 33.7 Å². The summed E-state index contributed by atoms with van der Waals surface area (Å²) in [6.07, 6.45) is 3.79. The van der Waals surface area contributed by atoms with Crippen molar-refractivity contribution >= 4 is 30.1 Å². The van der Waals surface area contributed by atoms with Crippen molar-refractivity contribution in [3.05, 3.63) is 12.3 Å². The first kappa shape index (κ1) is 19.4. The molecule has 9 heteroatoms. The van der Waals surface area contributed by atoms with Gasteiger partial charge >= 0.3 is 0 Å². The van der Waals surface area contributed by atoms with E-state index in [-0.39, 0.29) is 18.3 Å². The number of nitrogens with two attached hydrogens (primary N) is 1. The molecule has 21 heavy (non-hydrogen) atoms. The number of amidine groups is 1. The summed E-state index contributed by atoms with van der Waals surface area (Å²) >= 11 is 1.16. The Balaban J connectivity index is 4.87. The van der Waals surface area contributed by atoms with Gasteiger partial charge in [-0.1, -0.05) is 11.9 Å². The second-order valence-corrected chi connectivity index (χ2v) is 4.48. The summed E-state index contributed by atoms with van der Waals surface area (Å²) in [6.45, 7) is 0.133. The lowest BCUT2D eigenvalue weighted by Gasteiger charge is -2.26. The standard InChI is InChI=1S/C12H22N4O4S/c1-14-10(13)5-6-16(8-17)7-9(19-2)11(20-3)12(18)15-21-4/h5-6,8-9,11H,7H2,1-4H3,(H2,13,14)(H,15,18)/b6-5-/t9-,11?/m0/s1. The van der Waals surface area contributed by atoms with Gasteiger partial charge in [0.1, 0.15) is 11.9 Å². The van der Waals surface area contributed by atoms with Gasteiger partial charge in [0.2, 0.25) is 6.41 Å². The van der Waals surface area contributed by atoms with Crippen molar-refractivity contribution < 1.29 is 19.1 Å². The molecule has 0 radical (unpaired) electrons. The van der Waals surface area contributed by atoms with E-state index in [1.807, 2.05) is 0 Å². The van der Waals surface area contributed by atoms with Crippen LogP contribution in [0, 0.1) is 0 Å². The number of ether oxygens (including phenoxy) is 2. The fourth-order valence-electron chi connectivity index (χ4n) is 1.47. The van der Waals surface area contributed by atoms with E-state index in [1.54, 1.807) is 6.26 Å². The largest absolute Gasteiger partial charge is 0.384 e. The third kappa shape index (κ3) is 7.11. The third-order valence-electron chi connectivity index (χ3n) is 2.58. The molecule has 0 rings (SSSR count). The SMILES string of the molecule is CN=C(N)/C=C\N(C=O)C[C@H](OC)C(OC)C(=O)NSC. The molecule has 120 valence electrons. The number of methoxy groups -OCH3 is 2. The molecule has 0 fully saturated rings. The molecule has 0 aliphatic rings. The van der Waals surface area contributed by atoms with Crippen LogP contribution in [0.3, 0.4) is 0 Å². The molecule has 0 heterocycles. The van der Waals surface area contributed by atoms with Crippen molar-refractivity contribution in [2.24, 2.45) is 10.7 Å². The predicted octanol–water partition coefficient (Wildman–Crippen LogP) is -0.630. The topological polar surface area (TPSA) is 106 Å². The summed E-state index contributed by atoms with van der Waals surface area (Å²) in [5.41, 5.74) is 5.51. The predicted molar refractivity (Wildman–Crippen MR) is 82.7 cm³/mol. The highest BCUT2D eigenvalue weighted by Crippen LogP contribution is 2.07. The molecular weight excluding hydrogens is 296 g/mol. The first-order valence-corrected chi connectivity index (χ1v) is 7.26. The number of nitrogens with one attached hydrogen (secondary N) is 1. The van der Waals surface area contributed by atoms with E-state index in [9.17, 15) is 9.59 Å². The molecule has 1 unspecified atom stereocenters. The highest BCUT2D eigenvalue weighted by molar-refractivity contribution is 7.97. The van der Waals surface area contributed by atoms with Crippen molar-refractivity contribution in [2.45, 2.75) is 12.2 Å². The minimum Gasteiger partial charge on any atom is -0.384 e. The smallest absolute Gasteiger partial charge is 0.261 e. The third-order valence-corrected chi connectivity index (χ3v) is 2.98. The fourth-order valence-corrected chi connectivity index (χ4v) is 1.79. The monoisotopic (exact) mass is 318 g/mol. The second-order valence-electron chi connectivity index (χ2n) is 3.87. The molecule has 0 spiro atoms. The Labute approximate surface area is 128 Å². The van der Waals surface area contributed by atoms with E-state index in [2.05, 4.69) is 9.71 Å². The maximum atomic E-state index is 11.9. The summed E-state index contributed by atoms with van der Waals surface area (Å²) in [5.74, 6) is -0.0550. The molecule has 0 aromatic rings. The minimum atomic E-state index is -0.838.